The number of benzene rings is 2. The Kier molecular flexibility index (Phi) is 4.68. The van der Waals surface area contributed by atoms with Crippen LogP contribution in [-0.4, -0.2) is 10.9 Å². The van der Waals surface area contributed by atoms with Gasteiger partial charge in [0, 0.05) is 5.56 Å². The highest BCUT2D eigenvalue weighted by Gasteiger charge is 2.18. The fraction of sp³-hybridized carbons (Fsp3) is 0.200. The summed E-state index contributed by atoms with van der Waals surface area (Å²) in [6.45, 7) is 7.72. The SMILES string of the molecule is Cc1ccc(-c2nc(C)c(C(=O)Nc3cc(C)ccc3F)s2)c(C)c1. The standard InChI is InChI=1S/C20H19FN2OS/c1-11-5-7-15(13(3)9-11)20-22-14(4)18(25-20)19(24)23-17-10-12(2)6-8-16(17)21/h5-10H,1-4H3,(H,23,24). The van der Waals surface area contributed by atoms with Crippen LogP contribution >= 0.6 is 11.3 Å². The molecule has 0 unspecified atom stereocenters. The molecule has 0 saturated carbocycles. The predicted molar refractivity (Wildman–Crippen MR) is 101 cm³/mol. The molecule has 25 heavy (non-hydrogen) atoms. The fourth-order valence-electron chi connectivity index (χ4n) is 2.69. The molecule has 0 fully saturated rings. The summed E-state index contributed by atoms with van der Waals surface area (Å²) in [5.41, 5.74) is 5.03. The number of nitrogens with zero attached hydrogens (tertiary/aromatic N) is 1. The summed E-state index contributed by atoms with van der Waals surface area (Å²) < 4.78 is 13.9. The maximum atomic E-state index is 13.9. The molecule has 3 nitrogen and oxygen atoms in total. The first-order valence-electron chi connectivity index (χ1n) is 7.97. The Morgan fingerprint density at radius 3 is 2.44 bits per heavy atom. The van der Waals surface area contributed by atoms with Crippen LogP contribution in [0.5, 0.6) is 0 Å². The van der Waals surface area contributed by atoms with E-state index >= 15 is 0 Å². The molecule has 0 spiro atoms. The summed E-state index contributed by atoms with van der Waals surface area (Å²) >= 11 is 1.32. The van der Waals surface area contributed by atoms with E-state index in [0.29, 0.717) is 10.6 Å². The summed E-state index contributed by atoms with van der Waals surface area (Å²) in [7, 11) is 0. The normalized spacial score (nSPS) is 10.8. The number of carbonyl (C=O) groups excluding carboxylic acids is 1. The van der Waals surface area contributed by atoms with Crippen LogP contribution < -0.4 is 5.32 Å². The van der Waals surface area contributed by atoms with Crippen LogP contribution in [0.2, 0.25) is 0 Å². The van der Waals surface area contributed by atoms with Crippen molar-refractivity contribution in [1.82, 2.24) is 4.98 Å². The molecule has 0 bridgehead atoms. The average molecular weight is 354 g/mol. The maximum absolute atomic E-state index is 13.9. The topological polar surface area (TPSA) is 42.0 Å². The maximum Gasteiger partial charge on any atom is 0.267 e. The van der Waals surface area contributed by atoms with Gasteiger partial charge in [-0.3, -0.25) is 4.79 Å². The number of rotatable bonds is 3. The van der Waals surface area contributed by atoms with Crippen molar-refractivity contribution in [1.29, 1.82) is 0 Å². The zero-order valence-corrected chi connectivity index (χ0v) is 15.4. The second kappa shape index (κ2) is 6.76. The molecule has 0 aliphatic rings. The zero-order chi connectivity index (χ0) is 18.1. The molecule has 0 radical (unpaired) electrons. The molecule has 0 saturated heterocycles. The monoisotopic (exact) mass is 354 g/mol. The van der Waals surface area contributed by atoms with Crippen LogP contribution in [0.25, 0.3) is 10.6 Å². The van der Waals surface area contributed by atoms with Gasteiger partial charge in [0.15, 0.2) is 0 Å². The number of halogens is 1. The Morgan fingerprint density at radius 1 is 1.04 bits per heavy atom. The van der Waals surface area contributed by atoms with E-state index in [1.807, 2.05) is 32.9 Å². The number of carbonyl (C=O) groups is 1. The smallest absolute Gasteiger partial charge is 0.267 e. The third kappa shape index (κ3) is 3.61. The Morgan fingerprint density at radius 2 is 1.72 bits per heavy atom. The van der Waals surface area contributed by atoms with E-state index in [1.54, 1.807) is 19.1 Å². The van der Waals surface area contributed by atoms with Gasteiger partial charge in [-0.25, -0.2) is 9.37 Å². The summed E-state index contributed by atoms with van der Waals surface area (Å²) in [4.78, 5) is 17.6. The Hall–Kier alpha value is -2.53. The van der Waals surface area contributed by atoms with Crippen molar-refractivity contribution in [3.05, 3.63) is 69.5 Å². The van der Waals surface area contributed by atoms with Crippen LogP contribution in [0.1, 0.15) is 32.1 Å². The van der Waals surface area contributed by atoms with Gasteiger partial charge in [0.2, 0.25) is 0 Å². The lowest BCUT2D eigenvalue weighted by Crippen LogP contribution is -2.12. The van der Waals surface area contributed by atoms with Gasteiger partial charge in [-0.1, -0.05) is 29.8 Å². The van der Waals surface area contributed by atoms with Crippen LogP contribution in [0.15, 0.2) is 36.4 Å². The molecule has 0 atom stereocenters. The van der Waals surface area contributed by atoms with Gasteiger partial charge in [-0.15, -0.1) is 11.3 Å². The fourth-order valence-corrected chi connectivity index (χ4v) is 3.74. The highest BCUT2D eigenvalue weighted by Crippen LogP contribution is 2.31. The average Bonchev–Trinajstić information content (AvgIpc) is 2.92. The number of anilines is 1. The number of hydrogen-bond donors (Lipinski definition) is 1. The van der Waals surface area contributed by atoms with Crippen LogP contribution in [-0.2, 0) is 0 Å². The van der Waals surface area contributed by atoms with E-state index in [9.17, 15) is 9.18 Å². The summed E-state index contributed by atoms with van der Waals surface area (Å²) in [5, 5.41) is 3.45. The summed E-state index contributed by atoms with van der Waals surface area (Å²) in [6.07, 6.45) is 0. The minimum absolute atomic E-state index is 0.186. The number of aromatic nitrogens is 1. The summed E-state index contributed by atoms with van der Waals surface area (Å²) in [6, 6.07) is 10.8. The Bertz CT molecular complexity index is 962. The first-order chi connectivity index (χ1) is 11.8. The predicted octanol–water partition coefficient (Wildman–Crippen LogP) is 5.44. The molecule has 3 rings (SSSR count). The second-order valence-electron chi connectivity index (χ2n) is 6.19. The van der Waals surface area contributed by atoms with Crippen molar-refractivity contribution < 1.29 is 9.18 Å². The largest absolute Gasteiger partial charge is 0.319 e. The molecule has 1 N–H and O–H groups in total. The van der Waals surface area contributed by atoms with Crippen molar-refractivity contribution in [2.24, 2.45) is 0 Å². The van der Waals surface area contributed by atoms with Crippen molar-refractivity contribution >= 4 is 22.9 Å². The van der Waals surface area contributed by atoms with E-state index < -0.39 is 5.82 Å². The molecular weight excluding hydrogens is 335 g/mol. The number of thiazole rings is 1. The van der Waals surface area contributed by atoms with Crippen molar-refractivity contribution in [2.75, 3.05) is 5.32 Å². The van der Waals surface area contributed by atoms with E-state index in [0.717, 1.165) is 21.7 Å². The number of amides is 1. The van der Waals surface area contributed by atoms with Crippen molar-refractivity contribution in [3.8, 4) is 10.6 Å². The first-order valence-corrected chi connectivity index (χ1v) is 8.79. The van der Waals surface area contributed by atoms with Gasteiger partial charge < -0.3 is 5.32 Å². The second-order valence-corrected chi connectivity index (χ2v) is 7.19. The molecule has 1 heterocycles. The molecule has 1 amide bonds. The molecule has 5 heteroatoms. The molecule has 2 aromatic carbocycles. The third-order valence-corrected chi connectivity index (χ3v) is 5.17. The van der Waals surface area contributed by atoms with Crippen molar-refractivity contribution in [2.45, 2.75) is 27.7 Å². The van der Waals surface area contributed by atoms with E-state index in [1.165, 1.54) is 23.0 Å². The molecule has 128 valence electrons. The van der Waals surface area contributed by atoms with Crippen LogP contribution in [0.4, 0.5) is 10.1 Å². The molecular formula is C20H19FN2OS. The lowest BCUT2D eigenvalue weighted by atomic mass is 10.1. The van der Waals surface area contributed by atoms with Gasteiger partial charge in [-0.05, 0) is 51.0 Å². The molecule has 0 aliphatic heterocycles. The van der Waals surface area contributed by atoms with Gasteiger partial charge in [-0.2, -0.15) is 0 Å². The Balaban J connectivity index is 1.92. The van der Waals surface area contributed by atoms with Gasteiger partial charge in [0.1, 0.15) is 15.7 Å². The lowest BCUT2D eigenvalue weighted by Gasteiger charge is -2.06. The third-order valence-electron chi connectivity index (χ3n) is 3.99. The first kappa shape index (κ1) is 17.3. The highest BCUT2D eigenvalue weighted by molar-refractivity contribution is 7.17. The Labute approximate surface area is 150 Å². The van der Waals surface area contributed by atoms with Crippen molar-refractivity contribution in [3.63, 3.8) is 0 Å². The minimum atomic E-state index is -0.448. The quantitative estimate of drug-likeness (QED) is 0.681. The number of hydrogen-bond acceptors (Lipinski definition) is 3. The van der Waals surface area contributed by atoms with E-state index in [4.69, 9.17) is 0 Å². The van der Waals surface area contributed by atoms with Crippen LogP contribution in [0.3, 0.4) is 0 Å². The number of aryl methyl sites for hydroxylation is 4. The highest BCUT2D eigenvalue weighted by atomic mass is 32.1. The van der Waals surface area contributed by atoms with E-state index in [-0.39, 0.29) is 11.6 Å². The van der Waals surface area contributed by atoms with Gasteiger partial charge in [0.25, 0.3) is 5.91 Å². The van der Waals surface area contributed by atoms with E-state index in [2.05, 4.69) is 16.4 Å². The van der Waals surface area contributed by atoms with Gasteiger partial charge >= 0.3 is 0 Å². The molecule has 0 aliphatic carbocycles. The van der Waals surface area contributed by atoms with Crippen LogP contribution in [0, 0.1) is 33.5 Å². The summed E-state index contributed by atoms with van der Waals surface area (Å²) in [5.74, 6) is -0.786. The minimum Gasteiger partial charge on any atom is -0.319 e. The molecule has 1 aromatic heterocycles. The zero-order valence-electron chi connectivity index (χ0n) is 14.6. The lowest BCUT2D eigenvalue weighted by molar-refractivity contribution is 0.102. The number of nitrogens with one attached hydrogen (secondary N) is 1. The van der Waals surface area contributed by atoms with Gasteiger partial charge in [0.05, 0.1) is 11.4 Å². The molecule has 3 aromatic rings.